The summed E-state index contributed by atoms with van der Waals surface area (Å²) >= 11 is 0. The van der Waals surface area contributed by atoms with Gasteiger partial charge in [0.2, 0.25) is 0 Å². The Balaban J connectivity index is 2.37. The van der Waals surface area contributed by atoms with Gasteiger partial charge in [-0.1, -0.05) is 17.7 Å². The van der Waals surface area contributed by atoms with Crippen molar-refractivity contribution in [2.45, 2.75) is 65.0 Å². The van der Waals surface area contributed by atoms with Crippen LogP contribution in [-0.4, -0.2) is 36.0 Å². The van der Waals surface area contributed by atoms with Crippen LogP contribution in [0.4, 0.5) is 0 Å². The van der Waals surface area contributed by atoms with Crippen LogP contribution in [-0.2, 0) is 18.8 Å². The van der Waals surface area contributed by atoms with E-state index in [2.05, 4.69) is 0 Å². The summed E-state index contributed by atoms with van der Waals surface area (Å²) in [4.78, 5) is 12.1. The van der Waals surface area contributed by atoms with E-state index in [1.165, 1.54) is 0 Å². The average Bonchev–Trinajstić information content (AvgIpc) is 2.68. The molecule has 5 nitrogen and oxygen atoms in total. The van der Waals surface area contributed by atoms with Crippen LogP contribution >= 0.6 is 0 Å². The highest BCUT2D eigenvalue weighted by Crippen LogP contribution is 2.43. The van der Waals surface area contributed by atoms with Crippen molar-refractivity contribution in [3.63, 3.8) is 0 Å². The quantitative estimate of drug-likeness (QED) is 0.661. The molecule has 0 bridgehead atoms. The highest BCUT2D eigenvalue weighted by molar-refractivity contribution is 6.48. The van der Waals surface area contributed by atoms with Gasteiger partial charge >= 0.3 is 13.1 Å². The number of carbonyl (C=O) groups excluding carboxylic acids is 1. The highest BCUT2D eigenvalue weighted by atomic mass is 16.7. The summed E-state index contributed by atoms with van der Waals surface area (Å²) in [5.41, 5.74) is 0.614. The zero-order valence-corrected chi connectivity index (χ0v) is 15.4. The minimum absolute atomic E-state index is 0.0850. The molecule has 1 N–H and O–H groups in total. The van der Waals surface area contributed by atoms with Crippen molar-refractivity contribution in [2.24, 2.45) is 0 Å². The maximum atomic E-state index is 12.1. The van der Waals surface area contributed by atoms with E-state index in [-0.39, 0.29) is 18.1 Å². The summed E-state index contributed by atoms with van der Waals surface area (Å²) in [5.74, 6) is -0.646. The van der Waals surface area contributed by atoms with E-state index in [0.717, 1.165) is 5.56 Å². The average molecular weight is 334 g/mol. The van der Waals surface area contributed by atoms with E-state index in [4.69, 9.17) is 14.0 Å². The number of phenols is 1. The summed E-state index contributed by atoms with van der Waals surface area (Å²) in [6.45, 7) is 11.9. The normalized spacial score (nSPS) is 20.0. The van der Waals surface area contributed by atoms with Crippen LogP contribution in [0.25, 0.3) is 0 Å². The standard InChI is InChI=1S/C18H27BO5/c1-7-22-16(21)11-14(13-10-12(2)8-9-15(13)20)19-23-17(3,4)18(5,6)24-19/h8-10,14,20H,7,11H2,1-6H3. The van der Waals surface area contributed by atoms with Crippen LogP contribution in [0.2, 0.25) is 0 Å². The fourth-order valence-corrected chi connectivity index (χ4v) is 2.78. The van der Waals surface area contributed by atoms with Crippen molar-refractivity contribution in [1.29, 1.82) is 0 Å². The number of benzene rings is 1. The van der Waals surface area contributed by atoms with Gasteiger partial charge in [-0.05, 0) is 53.2 Å². The minimum atomic E-state index is -0.632. The number of aromatic hydroxyl groups is 1. The first kappa shape index (κ1) is 18.8. The van der Waals surface area contributed by atoms with Crippen molar-refractivity contribution in [2.75, 3.05) is 6.61 Å². The Morgan fingerprint density at radius 2 is 1.83 bits per heavy atom. The lowest BCUT2D eigenvalue weighted by Gasteiger charge is -2.32. The molecule has 1 aromatic carbocycles. The third-order valence-corrected chi connectivity index (χ3v) is 4.87. The second-order valence-corrected chi connectivity index (χ2v) is 7.30. The lowest BCUT2D eigenvalue weighted by Crippen LogP contribution is -2.41. The zero-order chi connectivity index (χ0) is 18.1. The van der Waals surface area contributed by atoms with Crippen LogP contribution in [0.3, 0.4) is 0 Å². The Labute approximate surface area is 144 Å². The number of carbonyl (C=O) groups is 1. The molecule has 0 saturated carbocycles. The van der Waals surface area contributed by atoms with Gasteiger partial charge in [0.25, 0.3) is 0 Å². The van der Waals surface area contributed by atoms with Gasteiger partial charge in [-0.2, -0.15) is 0 Å². The fraction of sp³-hybridized carbons (Fsp3) is 0.611. The second-order valence-electron chi connectivity index (χ2n) is 7.30. The van der Waals surface area contributed by atoms with Gasteiger partial charge in [0.15, 0.2) is 0 Å². The Hall–Kier alpha value is -1.53. The van der Waals surface area contributed by atoms with Crippen LogP contribution in [0.15, 0.2) is 18.2 Å². The largest absolute Gasteiger partial charge is 0.508 e. The second kappa shape index (κ2) is 6.77. The molecule has 1 saturated heterocycles. The van der Waals surface area contributed by atoms with Gasteiger partial charge in [0.05, 0.1) is 24.2 Å². The van der Waals surface area contributed by atoms with Gasteiger partial charge in [0.1, 0.15) is 5.75 Å². The number of ether oxygens (including phenoxy) is 1. The maximum absolute atomic E-state index is 12.1. The smallest absolute Gasteiger partial charge is 0.466 e. The third kappa shape index (κ3) is 3.76. The monoisotopic (exact) mass is 334 g/mol. The van der Waals surface area contributed by atoms with Crippen LogP contribution in [0.5, 0.6) is 5.75 Å². The Kier molecular flexibility index (Phi) is 5.30. The number of hydrogen-bond donors (Lipinski definition) is 1. The molecular formula is C18H27BO5. The molecule has 1 aromatic rings. The molecule has 0 spiro atoms. The van der Waals surface area contributed by atoms with Gasteiger partial charge in [-0.3, -0.25) is 4.79 Å². The SMILES string of the molecule is CCOC(=O)CC(B1OC(C)(C)C(C)(C)O1)c1cc(C)ccc1O. The zero-order valence-electron chi connectivity index (χ0n) is 15.4. The minimum Gasteiger partial charge on any atom is -0.508 e. The molecule has 1 unspecified atom stereocenters. The van der Waals surface area contributed by atoms with Crippen molar-refractivity contribution in [3.05, 3.63) is 29.3 Å². The van der Waals surface area contributed by atoms with Crippen LogP contribution in [0.1, 0.15) is 58.0 Å². The van der Waals surface area contributed by atoms with E-state index in [1.807, 2.05) is 46.8 Å². The third-order valence-electron chi connectivity index (χ3n) is 4.87. The molecule has 1 aliphatic heterocycles. The van der Waals surface area contributed by atoms with Gasteiger partial charge in [0, 0.05) is 5.82 Å². The molecule has 0 aliphatic carbocycles. The number of hydrogen-bond acceptors (Lipinski definition) is 5. The summed E-state index contributed by atoms with van der Waals surface area (Å²) < 4.78 is 17.3. The summed E-state index contributed by atoms with van der Waals surface area (Å²) in [6, 6.07) is 5.32. The molecule has 1 aliphatic rings. The molecule has 2 rings (SSSR count). The molecule has 0 aromatic heterocycles. The first-order chi connectivity index (χ1) is 11.1. The Morgan fingerprint density at radius 3 is 2.38 bits per heavy atom. The maximum Gasteiger partial charge on any atom is 0.466 e. The molecule has 132 valence electrons. The van der Waals surface area contributed by atoms with Crippen molar-refractivity contribution >= 4 is 13.1 Å². The molecule has 1 heterocycles. The molecule has 6 heteroatoms. The first-order valence-corrected chi connectivity index (χ1v) is 8.38. The van der Waals surface area contributed by atoms with E-state index in [1.54, 1.807) is 13.0 Å². The van der Waals surface area contributed by atoms with Crippen molar-refractivity contribution < 1.29 is 23.9 Å². The van der Waals surface area contributed by atoms with Crippen LogP contribution < -0.4 is 0 Å². The first-order valence-electron chi connectivity index (χ1n) is 8.38. The van der Waals surface area contributed by atoms with Crippen molar-refractivity contribution in [3.8, 4) is 5.75 Å². The van der Waals surface area contributed by atoms with Gasteiger partial charge in [-0.15, -0.1) is 0 Å². The Bertz CT molecular complexity index is 595. The lowest BCUT2D eigenvalue weighted by atomic mass is 9.65. The number of rotatable bonds is 5. The highest BCUT2D eigenvalue weighted by Gasteiger charge is 2.54. The predicted octanol–water partition coefficient (Wildman–Crippen LogP) is 3.37. The molecular weight excluding hydrogens is 307 g/mol. The van der Waals surface area contributed by atoms with Crippen molar-refractivity contribution in [1.82, 2.24) is 0 Å². The molecule has 1 fully saturated rings. The fourth-order valence-electron chi connectivity index (χ4n) is 2.78. The molecule has 1 atom stereocenters. The summed E-state index contributed by atoms with van der Waals surface area (Å²) in [5, 5.41) is 10.3. The Morgan fingerprint density at radius 1 is 1.25 bits per heavy atom. The number of phenolic OH excluding ortho intramolecular Hbond substituents is 1. The van der Waals surface area contributed by atoms with Crippen LogP contribution in [0, 0.1) is 6.92 Å². The van der Waals surface area contributed by atoms with E-state index in [9.17, 15) is 9.90 Å². The van der Waals surface area contributed by atoms with E-state index in [0.29, 0.717) is 12.2 Å². The molecule has 0 radical (unpaired) electrons. The lowest BCUT2D eigenvalue weighted by molar-refractivity contribution is -0.143. The molecule has 0 amide bonds. The topological polar surface area (TPSA) is 65.0 Å². The summed E-state index contributed by atoms with van der Waals surface area (Å²) in [6.07, 6.45) is 0.0850. The number of aryl methyl sites for hydroxylation is 1. The number of esters is 1. The van der Waals surface area contributed by atoms with E-state index < -0.39 is 24.1 Å². The summed E-state index contributed by atoms with van der Waals surface area (Å²) in [7, 11) is -0.632. The van der Waals surface area contributed by atoms with Gasteiger partial charge in [-0.25, -0.2) is 0 Å². The van der Waals surface area contributed by atoms with Gasteiger partial charge < -0.3 is 19.2 Å². The molecule has 24 heavy (non-hydrogen) atoms. The predicted molar refractivity (Wildman–Crippen MR) is 92.9 cm³/mol. The van der Waals surface area contributed by atoms with E-state index >= 15 is 0 Å².